The summed E-state index contributed by atoms with van der Waals surface area (Å²) in [5.74, 6) is 0.596. The summed E-state index contributed by atoms with van der Waals surface area (Å²) in [6.07, 6.45) is 3.81. The number of anilines is 1. The van der Waals surface area contributed by atoms with Gasteiger partial charge in [-0.2, -0.15) is 5.10 Å². The number of piperazine rings is 1. The van der Waals surface area contributed by atoms with Crippen LogP contribution in [0.2, 0.25) is 5.02 Å². The molecular formula is C22H25ClN6O. The number of carbonyl (C=O) groups is 1. The van der Waals surface area contributed by atoms with E-state index in [1.165, 1.54) is 0 Å². The molecule has 0 aliphatic carbocycles. The molecule has 0 saturated carbocycles. The normalized spacial score (nSPS) is 14.8. The van der Waals surface area contributed by atoms with Gasteiger partial charge in [-0.05, 0) is 38.1 Å². The zero-order valence-electron chi connectivity index (χ0n) is 17.3. The Balaban J connectivity index is 1.35. The van der Waals surface area contributed by atoms with E-state index in [4.69, 9.17) is 11.6 Å². The standard InChI is InChI=1S/C22H25ClN6O/c1-16-21(17(2)29(26-16)22-24-8-4-9-25-22)20(30)7-10-27-11-13-28(14-12-27)19-6-3-5-18(23)15-19/h3-6,8-9,15H,7,10-14H2,1-2H3. The molecule has 0 spiro atoms. The van der Waals surface area contributed by atoms with Gasteiger partial charge in [0.1, 0.15) is 0 Å². The number of Topliss-reactive ketones (excluding diaryl/α,β-unsaturated/α-hetero) is 1. The molecule has 1 saturated heterocycles. The Kier molecular flexibility index (Phi) is 6.11. The second kappa shape index (κ2) is 8.93. The summed E-state index contributed by atoms with van der Waals surface area (Å²) in [6.45, 7) is 8.21. The Morgan fingerprint density at radius 1 is 1.07 bits per heavy atom. The van der Waals surface area contributed by atoms with Crippen molar-refractivity contribution >= 4 is 23.1 Å². The second-order valence-electron chi connectivity index (χ2n) is 7.49. The quantitative estimate of drug-likeness (QED) is 0.565. The van der Waals surface area contributed by atoms with E-state index in [1.807, 2.05) is 32.0 Å². The summed E-state index contributed by atoms with van der Waals surface area (Å²) in [7, 11) is 0. The van der Waals surface area contributed by atoms with Gasteiger partial charge in [-0.25, -0.2) is 14.6 Å². The van der Waals surface area contributed by atoms with Crippen LogP contribution in [0.3, 0.4) is 0 Å². The average molecular weight is 425 g/mol. The van der Waals surface area contributed by atoms with Crippen molar-refractivity contribution in [2.24, 2.45) is 0 Å². The average Bonchev–Trinajstić information content (AvgIpc) is 3.07. The summed E-state index contributed by atoms with van der Waals surface area (Å²) in [6, 6.07) is 9.72. The van der Waals surface area contributed by atoms with Crippen LogP contribution >= 0.6 is 11.6 Å². The Labute approximate surface area is 181 Å². The first kappa shape index (κ1) is 20.5. The highest BCUT2D eigenvalue weighted by Crippen LogP contribution is 2.21. The molecule has 7 nitrogen and oxygen atoms in total. The maximum atomic E-state index is 13.0. The number of aryl methyl sites for hydroxylation is 1. The molecule has 30 heavy (non-hydrogen) atoms. The molecule has 0 atom stereocenters. The summed E-state index contributed by atoms with van der Waals surface area (Å²) >= 11 is 6.11. The van der Waals surface area contributed by atoms with Crippen molar-refractivity contribution < 1.29 is 4.79 Å². The lowest BCUT2D eigenvalue weighted by atomic mass is 10.1. The van der Waals surface area contributed by atoms with E-state index in [9.17, 15) is 4.79 Å². The molecule has 3 aromatic rings. The summed E-state index contributed by atoms with van der Waals surface area (Å²) < 4.78 is 1.65. The zero-order valence-corrected chi connectivity index (χ0v) is 18.0. The molecule has 1 fully saturated rings. The number of aromatic nitrogens is 4. The number of halogens is 1. The van der Waals surface area contributed by atoms with E-state index in [0.717, 1.165) is 54.8 Å². The molecule has 1 aromatic carbocycles. The topological polar surface area (TPSA) is 67.2 Å². The summed E-state index contributed by atoms with van der Waals surface area (Å²) in [5.41, 5.74) is 3.34. The SMILES string of the molecule is Cc1nn(-c2ncccn2)c(C)c1C(=O)CCN1CCN(c2cccc(Cl)c2)CC1. The van der Waals surface area contributed by atoms with E-state index in [0.29, 0.717) is 17.9 Å². The monoisotopic (exact) mass is 424 g/mol. The molecule has 8 heteroatoms. The Morgan fingerprint density at radius 2 is 1.80 bits per heavy atom. The highest BCUT2D eigenvalue weighted by molar-refractivity contribution is 6.30. The zero-order chi connectivity index (χ0) is 21.1. The van der Waals surface area contributed by atoms with Gasteiger partial charge in [-0.1, -0.05) is 17.7 Å². The number of nitrogens with zero attached hydrogens (tertiary/aromatic N) is 6. The fourth-order valence-electron chi connectivity index (χ4n) is 3.93. The number of carbonyl (C=O) groups excluding carboxylic acids is 1. The third-order valence-corrected chi connectivity index (χ3v) is 5.75. The number of hydrogen-bond acceptors (Lipinski definition) is 6. The number of rotatable bonds is 6. The molecule has 1 aliphatic heterocycles. The molecule has 156 valence electrons. The van der Waals surface area contributed by atoms with Gasteiger partial charge in [0.2, 0.25) is 0 Å². The van der Waals surface area contributed by atoms with Crippen molar-refractivity contribution in [3.05, 3.63) is 64.7 Å². The van der Waals surface area contributed by atoms with Crippen LogP contribution in [-0.2, 0) is 0 Å². The van der Waals surface area contributed by atoms with Crippen LogP contribution in [0.5, 0.6) is 0 Å². The minimum atomic E-state index is 0.115. The molecule has 4 rings (SSSR count). The van der Waals surface area contributed by atoms with Gasteiger partial charge in [-0.15, -0.1) is 0 Å². The fourth-order valence-corrected chi connectivity index (χ4v) is 4.11. The van der Waals surface area contributed by atoms with Crippen molar-refractivity contribution in [3.8, 4) is 5.95 Å². The van der Waals surface area contributed by atoms with Gasteiger partial charge in [0.05, 0.1) is 17.0 Å². The van der Waals surface area contributed by atoms with E-state index >= 15 is 0 Å². The molecular weight excluding hydrogens is 400 g/mol. The Morgan fingerprint density at radius 3 is 2.50 bits per heavy atom. The first-order chi connectivity index (χ1) is 14.5. The number of ketones is 1. The second-order valence-corrected chi connectivity index (χ2v) is 7.92. The first-order valence-electron chi connectivity index (χ1n) is 10.1. The van der Waals surface area contributed by atoms with Crippen LogP contribution in [0.25, 0.3) is 5.95 Å². The fraction of sp³-hybridized carbons (Fsp3) is 0.364. The van der Waals surface area contributed by atoms with E-state index in [1.54, 1.807) is 23.1 Å². The molecule has 0 amide bonds. The van der Waals surface area contributed by atoms with E-state index in [-0.39, 0.29) is 5.78 Å². The van der Waals surface area contributed by atoms with Crippen molar-refractivity contribution in [3.63, 3.8) is 0 Å². The van der Waals surface area contributed by atoms with Crippen molar-refractivity contribution in [1.82, 2.24) is 24.6 Å². The van der Waals surface area contributed by atoms with E-state index < -0.39 is 0 Å². The van der Waals surface area contributed by atoms with Crippen LogP contribution in [0.4, 0.5) is 5.69 Å². The highest BCUT2D eigenvalue weighted by atomic mass is 35.5. The first-order valence-corrected chi connectivity index (χ1v) is 10.5. The van der Waals surface area contributed by atoms with Gasteiger partial charge < -0.3 is 4.90 Å². The van der Waals surface area contributed by atoms with Crippen molar-refractivity contribution in [2.75, 3.05) is 37.6 Å². The molecule has 0 N–H and O–H groups in total. The van der Waals surface area contributed by atoms with Gasteiger partial charge >= 0.3 is 0 Å². The summed E-state index contributed by atoms with van der Waals surface area (Å²) in [5, 5.41) is 5.24. The maximum Gasteiger partial charge on any atom is 0.250 e. The molecule has 0 bridgehead atoms. The van der Waals surface area contributed by atoms with Crippen molar-refractivity contribution in [2.45, 2.75) is 20.3 Å². The van der Waals surface area contributed by atoms with Gasteiger partial charge in [-0.3, -0.25) is 9.69 Å². The number of benzene rings is 1. The molecule has 3 heterocycles. The van der Waals surface area contributed by atoms with Gasteiger partial charge in [0.25, 0.3) is 5.95 Å². The third kappa shape index (κ3) is 4.37. The van der Waals surface area contributed by atoms with Crippen LogP contribution in [0.1, 0.15) is 28.2 Å². The predicted molar refractivity (Wildman–Crippen MR) is 118 cm³/mol. The van der Waals surface area contributed by atoms with Crippen LogP contribution in [-0.4, -0.2) is 63.2 Å². The smallest absolute Gasteiger partial charge is 0.250 e. The lowest BCUT2D eigenvalue weighted by molar-refractivity contribution is 0.0961. The van der Waals surface area contributed by atoms with Crippen LogP contribution in [0, 0.1) is 13.8 Å². The Bertz CT molecular complexity index is 1030. The van der Waals surface area contributed by atoms with Gasteiger partial charge in [0.15, 0.2) is 5.78 Å². The lowest BCUT2D eigenvalue weighted by Gasteiger charge is -2.36. The van der Waals surface area contributed by atoms with Crippen LogP contribution in [0.15, 0.2) is 42.7 Å². The largest absolute Gasteiger partial charge is 0.369 e. The predicted octanol–water partition coefficient (Wildman–Crippen LogP) is 3.33. The molecule has 1 aliphatic rings. The third-order valence-electron chi connectivity index (χ3n) is 5.51. The minimum Gasteiger partial charge on any atom is -0.369 e. The molecule has 2 aromatic heterocycles. The molecule has 0 unspecified atom stereocenters. The maximum absolute atomic E-state index is 13.0. The number of hydrogen-bond donors (Lipinski definition) is 0. The van der Waals surface area contributed by atoms with Crippen LogP contribution < -0.4 is 4.90 Å². The van der Waals surface area contributed by atoms with Gasteiger partial charge in [0, 0.05) is 62.2 Å². The van der Waals surface area contributed by atoms with E-state index in [2.05, 4.69) is 30.9 Å². The highest BCUT2D eigenvalue weighted by Gasteiger charge is 2.22. The lowest BCUT2D eigenvalue weighted by Crippen LogP contribution is -2.46. The van der Waals surface area contributed by atoms with Crippen molar-refractivity contribution in [1.29, 1.82) is 0 Å². The summed E-state index contributed by atoms with van der Waals surface area (Å²) in [4.78, 5) is 26.1. The molecule has 0 radical (unpaired) electrons. The Hall–Kier alpha value is -2.77. The minimum absolute atomic E-state index is 0.115.